The second-order valence-corrected chi connectivity index (χ2v) is 5.49. The first-order valence-corrected chi connectivity index (χ1v) is 7.52. The Bertz CT molecular complexity index is 894. The molecule has 0 amide bonds. The number of methoxy groups -OCH3 is 3. The number of ether oxygens (including phenoxy) is 3. The summed E-state index contributed by atoms with van der Waals surface area (Å²) in [6.45, 7) is 2.02. The summed E-state index contributed by atoms with van der Waals surface area (Å²) in [4.78, 5) is 15.4. The lowest BCUT2D eigenvalue weighted by Crippen LogP contribution is -2.03. The highest BCUT2D eigenvalue weighted by Gasteiger charge is 2.21. The Morgan fingerprint density at radius 3 is 2.17 bits per heavy atom. The van der Waals surface area contributed by atoms with Crippen molar-refractivity contribution in [1.29, 1.82) is 0 Å². The van der Waals surface area contributed by atoms with Gasteiger partial charge in [-0.2, -0.15) is 0 Å². The molecule has 0 saturated heterocycles. The predicted molar refractivity (Wildman–Crippen MR) is 92.9 cm³/mol. The molecule has 0 saturated carbocycles. The standard InChI is InChI=1S/C19H19NO4/c1-11-5-7-12(8-6-11)17-13-9-15(22-2)16(23-3)10-14(13)20-18(17)19(21)24-4/h5-10,20H,1-4H3. The number of rotatable bonds is 4. The van der Waals surface area contributed by atoms with E-state index in [1.165, 1.54) is 7.11 Å². The van der Waals surface area contributed by atoms with Gasteiger partial charge in [-0.1, -0.05) is 29.8 Å². The van der Waals surface area contributed by atoms with Gasteiger partial charge in [0.15, 0.2) is 11.5 Å². The molecule has 0 fully saturated rings. The first-order chi connectivity index (χ1) is 11.6. The van der Waals surface area contributed by atoms with Gasteiger partial charge in [0.1, 0.15) is 5.69 Å². The molecule has 1 heterocycles. The Hall–Kier alpha value is -2.95. The number of carbonyl (C=O) groups excluding carboxylic acids is 1. The van der Waals surface area contributed by atoms with Crippen LogP contribution in [-0.4, -0.2) is 32.3 Å². The van der Waals surface area contributed by atoms with E-state index in [2.05, 4.69) is 4.98 Å². The van der Waals surface area contributed by atoms with Crippen LogP contribution >= 0.6 is 0 Å². The number of nitrogens with one attached hydrogen (secondary N) is 1. The van der Waals surface area contributed by atoms with Crippen molar-refractivity contribution in [3.05, 3.63) is 47.7 Å². The number of aromatic nitrogens is 1. The molecule has 0 aliphatic heterocycles. The van der Waals surface area contributed by atoms with Crippen LogP contribution in [0.15, 0.2) is 36.4 Å². The van der Waals surface area contributed by atoms with Crippen molar-refractivity contribution in [1.82, 2.24) is 4.98 Å². The van der Waals surface area contributed by atoms with E-state index in [4.69, 9.17) is 14.2 Å². The summed E-state index contributed by atoms with van der Waals surface area (Å²) in [6, 6.07) is 11.7. The zero-order valence-corrected chi connectivity index (χ0v) is 14.1. The zero-order chi connectivity index (χ0) is 17.3. The summed E-state index contributed by atoms with van der Waals surface area (Å²) >= 11 is 0. The van der Waals surface area contributed by atoms with Crippen LogP contribution in [0.5, 0.6) is 11.5 Å². The first kappa shape index (κ1) is 15.9. The van der Waals surface area contributed by atoms with Crippen LogP contribution in [0.1, 0.15) is 16.1 Å². The molecule has 1 aromatic heterocycles. The van der Waals surface area contributed by atoms with Crippen LogP contribution in [0, 0.1) is 6.92 Å². The lowest BCUT2D eigenvalue weighted by Gasteiger charge is -2.08. The summed E-state index contributed by atoms with van der Waals surface area (Å²) in [5.41, 5.74) is 4.06. The Balaban J connectivity index is 2.34. The molecule has 0 aliphatic rings. The van der Waals surface area contributed by atoms with E-state index < -0.39 is 5.97 Å². The predicted octanol–water partition coefficient (Wildman–Crippen LogP) is 3.95. The van der Waals surface area contributed by atoms with Crippen molar-refractivity contribution in [2.75, 3.05) is 21.3 Å². The lowest BCUT2D eigenvalue weighted by atomic mass is 10.0. The number of benzene rings is 2. The molecule has 0 radical (unpaired) electrons. The molecule has 0 atom stereocenters. The van der Waals surface area contributed by atoms with Crippen LogP contribution in [0.2, 0.25) is 0 Å². The van der Waals surface area contributed by atoms with Crippen LogP contribution < -0.4 is 9.47 Å². The Morgan fingerprint density at radius 1 is 0.958 bits per heavy atom. The van der Waals surface area contributed by atoms with Gasteiger partial charge in [0.25, 0.3) is 0 Å². The van der Waals surface area contributed by atoms with Crippen molar-refractivity contribution >= 4 is 16.9 Å². The lowest BCUT2D eigenvalue weighted by molar-refractivity contribution is 0.0596. The number of aromatic amines is 1. The largest absolute Gasteiger partial charge is 0.493 e. The SMILES string of the molecule is COC(=O)c1[nH]c2cc(OC)c(OC)cc2c1-c1ccc(C)cc1. The summed E-state index contributed by atoms with van der Waals surface area (Å²) < 4.78 is 15.7. The van der Waals surface area contributed by atoms with Gasteiger partial charge in [-0.15, -0.1) is 0 Å². The highest BCUT2D eigenvalue weighted by Crippen LogP contribution is 2.39. The molecule has 5 heteroatoms. The number of hydrogen-bond acceptors (Lipinski definition) is 4. The molecule has 3 aromatic rings. The van der Waals surface area contributed by atoms with E-state index in [0.717, 1.165) is 27.6 Å². The number of fused-ring (bicyclic) bond motifs is 1. The summed E-state index contributed by atoms with van der Waals surface area (Å²) in [5.74, 6) is 0.784. The molecule has 3 rings (SSSR count). The second-order valence-electron chi connectivity index (χ2n) is 5.49. The van der Waals surface area contributed by atoms with Crippen molar-refractivity contribution < 1.29 is 19.0 Å². The zero-order valence-electron chi connectivity index (χ0n) is 14.1. The number of carbonyl (C=O) groups is 1. The summed E-state index contributed by atoms with van der Waals surface area (Å²) in [6.07, 6.45) is 0. The normalized spacial score (nSPS) is 10.7. The molecule has 124 valence electrons. The number of aryl methyl sites for hydroxylation is 1. The van der Waals surface area contributed by atoms with Gasteiger partial charge >= 0.3 is 5.97 Å². The van der Waals surface area contributed by atoms with Crippen LogP contribution in [-0.2, 0) is 4.74 Å². The molecule has 0 bridgehead atoms. The average Bonchev–Trinajstić information content (AvgIpc) is 2.98. The maximum absolute atomic E-state index is 12.2. The van der Waals surface area contributed by atoms with Gasteiger partial charge in [0, 0.05) is 17.0 Å². The van der Waals surface area contributed by atoms with E-state index in [9.17, 15) is 4.79 Å². The summed E-state index contributed by atoms with van der Waals surface area (Å²) in [5, 5.41) is 0.872. The monoisotopic (exact) mass is 325 g/mol. The topological polar surface area (TPSA) is 60.6 Å². The third kappa shape index (κ3) is 2.58. The van der Waals surface area contributed by atoms with E-state index in [-0.39, 0.29) is 0 Å². The van der Waals surface area contributed by atoms with Crippen molar-refractivity contribution in [3.63, 3.8) is 0 Å². The van der Waals surface area contributed by atoms with E-state index in [1.54, 1.807) is 14.2 Å². The number of esters is 1. The molecule has 0 spiro atoms. The van der Waals surface area contributed by atoms with Gasteiger partial charge in [0.05, 0.1) is 26.8 Å². The van der Waals surface area contributed by atoms with E-state index in [1.807, 2.05) is 43.3 Å². The number of hydrogen-bond donors (Lipinski definition) is 1. The third-order valence-corrected chi connectivity index (χ3v) is 4.03. The Kier molecular flexibility index (Phi) is 4.16. The fraction of sp³-hybridized carbons (Fsp3) is 0.211. The second kappa shape index (κ2) is 6.28. The fourth-order valence-electron chi connectivity index (χ4n) is 2.80. The van der Waals surface area contributed by atoms with Crippen molar-refractivity contribution in [3.8, 4) is 22.6 Å². The smallest absolute Gasteiger partial charge is 0.355 e. The van der Waals surface area contributed by atoms with E-state index >= 15 is 0 Å². The van der Waals surface area contributed by atoms with Gasteiger partial charge in [-0.3, -0.25) is 0 Å². The van der Waals surface area contributed by atoms with E-state index in [0.29, 0.717) is 17.2 Å². The molecule has 24 heavy (non-hydrogen) atoms. The maximum atomic E-state index is 12.2. The van der Waals surface area contributed by atoms with Crippen molar-refractivity contribution in [2.45, 2.75) is 6.92 Å². The Morgan fingerprint density at radius 2 is 1.58 bits per heavy atom. The molecule has 0 unspecified atom stereocenters. The van der Waals surface area contributed by atoms with Crippen LogP contribution in [0.3, 0.4) is 0 Å². The maximum Gasteiger partial charge on any atom is 0.355 e. The highest BCUT2D eigenvalue weighted by atomic mass is 16.5. The minimum Gasteiger partial charge on any atom is -0.493 e. The quantitative estimate of drug-likeness (QED) is 0.738. The molecule has 2 aromatic carbocycles. The fourth-order valence-corrected chi connectivity index (χ4v) is 2.80. The number of H-pyrrole nitrogens is 1. The first-order valence-electron chi connectivity index (χ1n) is 7.52. The Labute approximate surface area is 140 Å². The third-order valence-electron chi connectivity index (χ3n) is 4.03. The van der Waals surface area contributed by atoms with Crippen LogP contribution in [0.25, 0.3) is 22.0 Å². The van der Waals surface area contributed by atoms with Gasteiger partial charge in [0.2, 0.25) is 0 Å². The van der Waals surface area contributed by atoms with Gasteiger partial charge in [-0.05, 0) is 18.6 Å². The average molecular weight is 325 g/mol. The molecule has 5 nitrogen and oxygen atoms in total. The molecular weight excluding hydrogens is 306 g/mol. The van der Waals surface area contributed by atoms with Gasteiger partial charge in [-0.25, -0.2) is 4.79 Å². The van der Waals surface area contributed by atoms with Crippen molar-refractivity contribution in [2.24, 2.45) is 0 Å². The molecule has 0 aliphatic carbocycles. The van der Waals surface area contributed by atoms with Gasteiger partial charge < -0.3 is 19.2 Å². The minimum atomic E-state index is -0.417. The highest BCUT2D eigenvalue weighted by molar-refractivity contribution is 6.08. The molecule has 1 N–H and O–H groups in total. The van der Waals surface area contributed by atoms with Crippen LogP contribution in [0.4, 0.5) is 0 Å². The minimum absolute atomic E-state index is 0.409. The molecular formula is C19H19NO4. The summed E-state index contributed by atoms with van der Waals surface area (Å²) in [7, 11) is 4.53.